The fraction of sp³-hybridized carbons (Fsp3) is 0.562. The molecule has 0 aliphatic carbocycles. The second-order valence-corrected chi connectivity index (χ2v) is 6.51. The van der Waals surface area contributed by atoms with Crippen molar-refractivity contribution in [2.45, 2.75) is 38.6 Å². The molecule has 1 atom stereocenters. The van der Waals surface area contributed by atoms with Gasteiger partial charge in [0.15, 0.2) is 0 Å². The van der Waals surface area contributed by atoms with Crippen molar-refractivity contribution in [1.29, 1.82) is 0 Å². The molecule has 0 radical (unpaired) electrons. The van der Waals surface area contributed by atoms with Crippen molar-refractivity contribution in [3.05, 3.63) is 28.2 Å². The number of likely N-dealkylation sites (tertiary alicyclic amines) is 1. The van der Waals surface area contributed by atoms with Gasteiger partial charge in [0, 0.05) is 24.7 Å². The van der Waals surface area contributed by atoms with Gasteiger partial charge in [0.25, 0.3) is 5.91 Å². The molecule has 0 aromatic heterocycles. The first-order chi connectivity index (χ1) is 10.1. The molecule has 21 heavy (non-hydrogen) atoms. The number of phenolic OH excluding ortho intramolecular Hbond substituents is 1. The van der Waals surface area contributed by atoms with E-state index in [4.69, 9.17) is 0 Å². The smallest absolute Gasteiger partial charge is 0.251 e. The maximum absolute atomic E-state index is 12.0. The van der Waals surface area contributed by atoms with Crippen LogP contribution in [0.5, 0.6) is 5.75 Å². The highest BCUT2D eigenvalue weighted by atomic mass is 79.9. The molecule has 1 aromatic carbocycles. The third-order valence-corrected chi connectivity index (χ3v) is 4.73. The van der Waals surface area contributed by atoms with E-state index in [2.05, 4.69) is 33.1 Å². The second-order valence-electron chi connectivity index (χ2n) is 5.66. The Labute approximate surface area is 134 Å². The normalized spacial score (nSPS) is 19.4. The standard InChI is InChI=1S/C16H23BrN2O2/c1-12-5-2-3-9-19(12)10-4-8-18-16(21)13-6-7-14(17)15(20)11-13/h6-7,11-12,20H,2-5,8-10H2,1H3,(H,18,21). The molecule has 2 rings (SSSR count). The first-order valence-electron chi connectivity index (χ1n) is 7.58. The average Bonchev–Trinajstić information content (AvgIpc) is 2.48. The largest absolute Gasteiger partial charge is 0.507 e. The number of piperidine rings is 1. The van der Waals surface area contributed by atoms with E-state index in [0.717, 1.165) is 13.0 Å². The van der Waals surface area contributed by atoms with Crippen LogP contribution in [0.2, 0.25) is 0 Å². The number of carbonyl (C=O) groups excluding carboxylic acids is 1. The van der Waals surface area contributed by atoms with Crippen LogP contribution in [-0.2, 0) is 0 Å². The summed E-state index contributed by atoms with van der Waals surface area (Å²) >= 11 is 3.20. The Balaban J connectivity index is 1.72. The van der Waals surface area contributed by atoms with Gasteiger partial charge in [-0.25, -0.2) is 0 Å². The zero-order valence-electron chi connectivity index (χ0n) is 12.4. The zero-order chi connectivity index (χ0) is 15.2. The molecule has 4 nitrogen and oxygen atoms in total. The molecule has 116 valence electrons. The molecule has 1 aliphatic heterocycles. The molecule has 1 unspecified atom stereocenters. The van der Waals surface area contributed by atoms with Crippen LogP contribution in [0.25, 0.3) is 0 Å². The Hall–Kier alpha value is -1.07. The van der Waals surface area contributed by atoms with Crippen LogP contribution >= 0.6 is 15.9 Å². The number of nitrogens with zero attached hydrogens (tertiary/aromatic N) is 1. The molecule has 1 fully saturated rings. The van der Waals surface area contributed by atoms with E-state index < -0.39 is 0 Å². The fourth-order valence-electron chi connectivity index (χ4n) is 2.73. The van der Waals surface area contributed by atoms with Gasteiger partial charge in [0.05, 0.1) is 4.47 Å². The molecular weight excluding hydrogens is 332 g/mol. The number of rotatable bonds is 5. The minimum absolute atomic E-state index is 0.0878. The maximum atomic E-state index is 12.0. The summed E-state index contributed by atoms with van der Waals surface area (Å²) in [5.74, 6) is -0.0470. The Morgan fingerprint density at radius 1 is 1.48 bits per heavy atom. The fourth-order valence-corrected chi connectivity index (χ4v) is 2.98. The number of benzene rings is 1. The van der Waals surface area contributed by atoms with Gasteiger partial charge in [0.1, 0.15) is 5.75 Å². The van der Waals surface area contributed by atoms with Gasteiger partial charge < -0.3 is 15.3 Å². The Morgan fingerprint density at radius 2 is 2.29 bits per heavy atom. The van der Waals surface area contributed by atoms with Gasteiger partial charge in [0.2, 0.25) is 0 Å². The lowest BCUT2D eigenvalue weighted by molar-refractivity contribution is 0.0948. The predicted octanol–water partition coefficient (Wildman–Crippen LogP) is 3.15. The molecule has 2 N–H and O–H groups in total. The quantitative estimate of drug-likeness (QED) is 0.798. The van der Waals surface area contributed by atoms with Crippen molar-refractivity contribution in [2.24, 2.45) is 0 Å². The highest BCUT2D eigenvalue weighted by Gasteiger charge is 2.17. The van der Waals surface area contributed by atoms with E-state index in [-0.39, 0.29) is 11.7 Å². The van der Waals surface area contributed by atoms with Gasteiger partial charge in [-0.05, 0) is 66.9 Å². The lowest BCUT2D eigenvalue weighted by Crippen LogP contribution is -2.39. The minimum atomic E-state index is -0.135. The zero-order valence-corrected chi connectivity index (χ0v) is 14.0. The van der Waals surface area contributed by atoms with Gasteiger partial charge in [-0.3, -0.25) is 4.79 Å². The molecule has 1 amide bonds. The number of amides is 1. The maximum Gasteiger partial charge on any atom is 0.251 e. The van der Waals surface area contributed by atoms with Crippen LogP contribution in [-0.4, -0.2) is 41.6 Å². The third kappa shape index (κ3) is 4.71. The Kier molecular flexibility index (Phi) is 6.06. The first kappa shape index (κ1) is 16.3. The number of hydrogen-bond donors (Lipinski definition) is 2. The van der Waals surface area contributed by atoms with Gasteiger partial charge in [-0.1, -0.05) is 6.42 Å². The van der Waals surface area contributed by atoms with Crippen LogP contribution < -0.4 is 5.32 Å². The van der Waals surface area contributed by atoms with Crippen molar-refractivity contribution in [3.63, 3.8) is 0 Å². The van der Waals surface area contributed by atoms with Crippen LogP contribution in [0.4, 0.5) is 0 Å². The molecular formula is C16H23BrN2O2. The van der Waals surface area contributed by atoms with Crippen molar-refractivity contribution in [1.82, 2.24) is 10.2 Å². The molecule has 0 bridgehead atoms. The SMILES string of the molecule is CC1CCCCN1CCCNC(=O)c1ccc(Br)c(O)c1. The lowest BCUT2D eigenvalue weighted by atomic mass is 10.0. The molecule has 1 saturated heterocycles. The van der Waals surface area contributed by atoms with E-state index >= 15 is 0 Å². The Morgan fingerprint density at radius 3 is 3.00 bits per heavy atom. The van der Waals surface area contributed by atoms with E-state index in [1.165, 1.54) is 31.9 Å². The topological polar surface area (TPSA) is 52.6 Å². The number of phenols is 1. The van der Waals surface area contributed by atoms with E-state index in [1.807, 2.05) is 0 Å². The number of carbonyl (C=O) groups is 1. The first-order valence-corrected chi connectivity index (χ1v) is 8.38. The molecule has 0 saturated carbocycles. The monoisotopic (exact) mass is 354 g/mol. The number of aromatic hydroxyl groups is 1. The highest BCUT2D eigenvalue weighted by molar-refractivity contribution is 9.10. The lowest BCUT2D eigenvalue weighted by Gasteiger charge is -2.33. The average molecular weight is 355 g/mol. The summed E-state index contributed by atoms with van der Waals surface area (Å²) in [6.45, 7) is 5.16. The molecule has 0 spiro atoms. The summed E-state index contributed by atoms with van der Waals surface area (Å²) in [5.41, 5.74) is 0.488. The van der Waals surface area contributed by atoms with Gasteiger partial charge in [-0.15, -0.1) is 0 Å². The molecule has 5 heteroatoms. The van der Waals surface area contributed by atoms with Crippen molar-refractivity contribution < 1.29 is 9.90 Å². The van der Waals surface area contributed by atoms with E-state index in [1.54, 1.807) is 12.1 Å². The van der Waals surface area contributed by atoms with Crippen molar-refractivity contribution in [2.75, 3.05) is 19.6 Å². The van der Waals surface area contributed by atoms with Crippen molar-refractivity contribution >= 4 is 21.8 Å². The molecule has 1 heterocycles. The minimum Gasteiger partial charge on any atom is -0.507 e. The summed E-state index contributed by atoms with van der Waals surface area (Å²) in [7, 11) is 0. The van der Waals surface area contributed by atoms with Crippen LogP contribution in [0.1, 0.15) is 43.0 Å². The molecule has 1 aliphatic rings. The molecule has 1 aromatic rings. The summed E-state index contributed by atoms with van der Waals surface area (Å²) in [4.78, 5) is 14.5. The van der Waals surface area contributed by atoms with Crippen LogP contribution in [0.3, 0.4) is 0 Å². The number of nitrogens with one attached hydrogen (secondary N) is 1. The number of halogens is 1. The van der Waals surface area contributed by atoms with E-state index in [9.17, 15) is 9.90 Å². The summed E-state index contributed by atoms with van der Waals surface area (Å²) in [6.07, 6.45) is 4.86. The van der Waals surface area contributed by atoms with Crippen LogP contribution in [0, 0.1) is 0 Å². The second kappa shape index (κ2) is 7.80. The Bertz CT molecular complexity index is 493. The summed E-state index contributed by atoms with van der Waals surface area (Å²) in [5, 5.41) is 12.5. The van der Waals surface area contributed by atoms with E-state index in [0.29, 0.717) is 22.6 Å². The summed E-state index contributed by atoms with van der Waals surface area (Å²) in [6, 6.07) is 5.52. The number of hydrogen-bond acceptors (Lipinski definition) is 3. The van der Waals surface area contributed by atoms with Crippen LogP contribution in [0.15, 0.2) is 22.7 Å². The van der Waals surface area contributed by atoms with Crippen molar-refractivity contribution in [3.8, 4) is 5.75 Å². The van der Waals surface area contributed by atoms with Gasteiger partial charge >= 0.3 is 0 Å². The van der Waals surface area contributed by atoms with Gasteiger partial charge in [-0.2, -0.15) is 0 Å². The highest BCUT2D eigenvalue weighted by Crippen LogP contribution is 2.24. The third-order valence-electron chi connectivity index (χ3n) is 4.06. The predicted molar refractivity (Wildman–Crippen MR) is 87.6 cm³/mol. The summed E-state index contributed by atoms with van der Waals surface area (Å²) < 4.78 is 0.595.